The quantitative estimate of drug-likeness (QED) is 0.875. The van der Waals surface area contributed by atoms with E-state index < -0.39 is 5.82 Å². The molecule has 4 heteroatoms. The van der Waals surface area contributed by atoms with Gasteiger partial charge >= 0.3 is 0 Å². The van der Waals surface area contributed by atoms with Gasteiger partial charge in [0.1, 0.15) is 0 Å². The molecule has 3 nitrogen and oxygen atoms in total. The smallest absolute Gasteiger partial charge is 0.170 e. The molecule has 1 N–H and O–H groups in total. The molecule has 21 heavy (non-hydrogen) atoms. The number of benzene rings is 2. The first-order valence-corrected chi connectivity index (χ1v) is 6.91. The van der Waals surface area contributed by atoms with E-state index in [9.17, 15) is 9.18 Å². The van der Waals surface area contributed by atoms with E-state index in [1.165, 1.54) is 19.2 Å². The lowest BCUT2D eigenvalue weighted by Crippen LogP contribution is -2.23. The molecule has 108 valence electrons. The van der Waals surface area contributed by atoms with Gasteiger partial charge in [-0.3, -0.25) is 4.79 Å². The fraction of sp³-hybridized carbons (Fsp3) is 0.235. The predicted octanol–water partition coefficient (Wildman–Crippen LogP) is 3.62. The molecule has 0 saturated carbocycles. The van der Waals surface area contributed by atoms with E-state index in [0.29, 0.717) is 12.0 Å². The Labute approximate surface area is 122 Å². The fourth-order valence-electron chi connectivity index (χ4n) is 2.76. The summed E-state index contributed by atoms with van der Waals surface area (Å²) in [4.78, 5) is 12.7. The van der Waals surface area contributed by atoms with Crippen LogP contribution in [-0.4, -0.2) is 19.4 Å². The Kier molecular flexibility index (Phi) is 3.60. The Hall–Kier alpha value is -2.36. The van der Waals surface area contributed by atoms with Crippen LogP contribution in [0.2, 0.25) is 0 Å². The van der Waals surface area contributed by atoms with Gasteiger partial charge in [-0.25, -0.2) is 4.39 Å². The standard InChI is InChI=1S/C17H16FNO2/c1-21-16-7-6-11(10-14(16)18)17(20)13-8-9-19-15-5-3-2-4-12(13)15/h2-7,10,13,19H,8-9H2,1H3. The summed E-state index contributed by atoms with van der Waals surface area (Å²) in [6, 6.07) is 12.1. The van der Waals surface area contributed by atoms with E-state index in [1.807, 2.05) is 24.3 Å². The molecular weight excluding hydrogens is 269 g/mol. The highest BCUT2D eigenvalue weighted by atomic mass is 19.1. The Morgan fingerprint density at radius 2 is 2.10 bits per heavy atom. The van der Waals surface area contributed by atoms with Gasteiger partial charge < -0.3 is 10.1 Å². The summed E-state index contributed by atoms with van der Waals surface area (Å²) in [7, 11) is 1.41. The zero-order valence-electron chi connectivity index (χ0n) is 11.7. The second kappa shape index (κ2) is 5.56. The number of carbonyl (C=O) groups excluding carboxylic acids is 1. The first kappa shape index (κ1) is 13.6. The van der Waals surface area contributed by atoms with Gasteiger partial charge in [0.2, 0.25) is 0 Å². The SMILES string of the molecule is COc1ccc(C(=O)C2CCNc3ccccc32)cc1F. The van der Waals surface area contributed by atoms with Crippen LogP contribution in [0.3, 0.4) is 0 Å². The average Bonchev–Trinajstić information content (AvgIpc) is 2.53. The molecule has 0 radical (unpaired) electrons. The molecule has 2 aromatic rings. The number of Topliss-reactive ketones (excluding diaryl/α,β-unsaturated/α-hetero) is 1. The first-order valence-electron chi connectivity index (χ1n) is 6.91. The minimum atomic E-state index is -0.509. The number of ketones is 1. The summed E-state index contributed by atoms with van der Waals surface area (Å²) in [5.74, 6) is -0.636. The molecule has 0 saturated heterocycles. The van der Waals surface area contributed by atoms with Crippen molar-refractivity contribution in [2.45, 2.75) is 12.3 Å². The summed E-state index contributed by atoms with van der Waals surface area (Å²) in [6.07, 6.45) is 0.712. The molecule has 0 aliphatic carbocycles. The van der Waals surface area contributed by atoms with Crippen LogP contribution in [-0.2, 0) is 0 Å². The number of fused-ring (bicyclic) bond motifs is 1. The lowest BCUT2D eigenvalue weighted by atomic mass is 9.85. The minimum Gasteiger partial charge on any atom is -0.494 e. The third kappa shape index (κ3) is 2.49. The Morgan fingerprint density at radius 3 is 2.86 bits per heavy atom. The number of anilines is 1. The van der Waals surface area contributed by atoms with Gasteiger partial charge in [-0.05, 0) is 36.2 Å². The van der Waals surface area contributed by atoms with Crippen molar-refractivity contribution in [3.05, 3.63) is 59.4 Å². The lowest BCUT2D eigenvalue weighted by Gasteiger charge is -2.25. The molecule has 1 aliphatic rings. The number of hydrogen-bond acceptors (Lipinski definition) is 3. The van der Waals surface area contributed by atoms with Crippen molar-refractivity contribution >= 4 is 11.5 Å². The van der Waals surface area contributed by atoms with Crippen LogP contribution in [0.25, 0.3) is 0 Å². The summed E-state index contributed by atoms with van der Waals surface area (Å²) < 4.78 is 18.7. The zero-order valence-corrected chi connectivity index (χ0v) is 11.7. The van der Waals surface area contributed by atoms with Crippen molar-refractivity contribution < 1.29 is 13.9 Å². The number of hydrogen-bond donors (Lipinski definition) is 1. The van der Waals surface area contributed by atoms with Gasteiger partial charge in [-0.2, -0.15) is 0 Å². The largest absolute Gasteiger partial charge is 0.494 e. The van der Waals surface area contributed by atoms with E-state index in [2.05, 4.69) is 5.32 Å². The van der Waals surface area contributed by atoms with Crippen LogP contribution in [0.4, 0.5) is 10.1 Å². The van der Waals surface area contributed by atoms with E-state index in [1.54, 1.807) is 6.07 Å². The molecular formula is C17H16FNO2. The summed E-state index contributed by atoms with van der Waals surface area (Å²) in [5, 5.41) is 3.28. The van der Waals surface area contributed by atoms with Gasteiger partial charge in [0, 0.05) is 17.8 Å². The number of methoxy groups -OCH3 is 1. The number of nitrogens with one attached hydrogen (secondary N) is 1. The molecule has 3 rings (SSSR count). The van der Waals surface area contributed by atoms with Gasteiger partial charge in [0.25, 0.3) is 0 Å². The maximum absolute atomic E-state index is 13.8. The molecule has 0 spiro atoms. The van der Waals surface area contributed by atoms with E-state index >= 15 is 0 Å². The average molecular weight is 285 g/mol. The van der Waals surface area contributed by atoms with Crippen LogP contribution >= 0.6 is 0 Å². The molecule has 0 amide bonds. The van der Waals surface area contributed by atoms with Crippen molar-refractivity contribution in [3.63, 3.8) is 0 Å². The molecule has 0 aromatic heterocycles. The topological polar surface area (TPSA) is 38.3 Å². The maximum atomic E-state index is 13.8. The highest BCUT2D eigenvalue weighted by molar-refractivity contribution is 6.02. The molecule has 1 aliphatic heterocycles. The summed E-state index contributed by atoms with van der Waals surface area (Å²) >= 11 is 0. The maximum Gasteiger partial charge on any atom is 0.170 e. The molecule has 0 fully saturated rings. The molecule has 1 heterocycles. The lowest BCUT2D eigenvalue weighted by molar-refractivity contribution is 0.0955. The summed E-state index contributed by atoms with van der Waals surface area (Å²) in [5.41, 5.74) is 2.34. The van der Waals surface area contributed by atoms with Crippen molar-refractivity contribution in [1.29, 1.82) is 0 Å². The van der Waals surface area contributed by atoms with Crippen molar-refractivity contribution in [1.82, 2.24) is 0 Å². The number of para-hydroxylation sites is 1. The molecule has 2 aromatic carbocycles. The fourth-order valence-corrected chi connectivity index (χ4v) is 2.76. The number of ether oxygens (including phenoxy) is 1. The van der Waals surface area contributed by atoms with Crippen molar-refractivity contribution in [3.8, 4) is 5.75 Å². The Balaban J connectivity index is 1.95. The number of rotatable bonds is 3. The van der Waals surface area contributed by atoms with Crippen LogP contribution in [0.15, 0.2) is 42.5 Å². The summed E-state index contributed by atoms with van der Waals surface area (Å²) in [6.45, 7) is 0.742. The van der Waals surface area contributed by atoms with E-state index in [-0.39, 0.29) is 17.5 Å². The van der Waals surface area contributed by atoms with Crippen molar-refractivity contribution in [2.24, 2.45) is 0 Å². The van der Waals surface area contributed by atoms with Crippen LogP contribution in [0, 0.1) is 5.82 Å². The molecule has 1 atom stereocenters. The molecule has 0 bridgehead atoms. The van der Waals surface area contributed by atoms with Crippen LogP contribution < -0.4 is 10.1 Å². The van der Waals surface area contributed by atoms with Gasteiger partial charge in [0.05, 0.1) is 13.0 Å². The zero-order chi connectivity index (χ0) is 14.8. The predicted molar refractivity (Wildman–Crippen MR) is 79.6 cm³/mol. The van der Waals surface area contributed by atoms with Gasteiger partial charge in [-0.15, -0.1) is 0 Å². The minimum absolute atomic E-state index is 0.0505. The number of halogens is 1. The first-order chi connectivity index (χ1) is 10.2. The van der Waals surface area contributed by atoms with Crippen LogP contribution in [0.1, 0.15) is 28.3 Å². The monoisotopic (exact) mass is 285 g/mol. The van der Waals surface area contributed by atoms with Crippen LogP contribution in [0.5, 0.6) is 5.75 Å². The molecule has 1 unspecified atom stereocenters. The third-order valence-electron chi connectivity index (χ3n) is 3.84. The second-order valence-corrected chi connectivity index (χ2v) is 5.07. The Morgan fingerprint density at radius 1 is 1.29 bits per heavy atom. The van der Waals surface area contributed by atoms with E-state index in [4.69, 9.17) is 4.74 Å². The van der Waals surface area contributed by atoms with Crippen molar-refractivity contribution in [2.75, 3.05) is 19.0 Å². The van der Waals surface area contributed by atoms with E-state index in [0.717, 1.165) is 17.8 Å². The highest BCUT2D eigenvalue weighted by Gasteiger charge is 2.27. The third-order valence-corrected chi connectivity index (χ3v) is 3.84. The number of carbonyl (C=O) groups is 1. The second-order valence-electron chi connectivity index (χ2n) is 5.07. The van der Waals surface area contributed by atoms with Gasteiger partial charge in [0.15, 0.2) is 17.3 Å². The van der Waals surface area contributed by atoms with Gasteiger partial charge in [-0.1, -0.05) is 18.2 Å². The normalized spacial score (nSPS) is 16.8. The Bertz CT molecular complexity index is 684. The highest BCUT2D eigenvalue weighted by Crippen LogP contribution is 2.34.